The molecule has 0 aliphatic rings. The van der Waals surface area contributed by atoms with E-state index in [1.807, 2.05) is 81.5 Å². The van der Waals surface area contributed by atoms with Gasteiger partial charge in [-0.1, -0.05) is 43.3 Å². The molecule has 0 spiro atoms. The van der Waals surface area contributed by atoms with Crippen LogP contribution in [0.4, 0.5) is 11.4 Å². The quantitative estimate of drug-likeness (QED) is 0.167. The number of nitro groups is 1. The maximum Gasteiger partial charge on any atom is 0.273 e. The molecule has 0 radical (unpaired) electrons. The monoisotopic (exact) mass is 569 g/mol. The van der Waals surface area contributed by atoms with Crippen LogP contribution >= 0.6 is 0 Å². The zero-order valence-electron chi connectivity index (χ0n) is 25.0. The highest BCUT2D eigenvalue weighted by Gasteiger charge is 2.27. The molecule has 0 saturated heterocycles. The number of aromatic nitrogens is 1. The highest BCUT2D eigenvalue weighted by molar-refractivity contribution is 5.97. The molecule has 4 rings (SSSR count). The van der Waals surface area contributed by atoms with E-state index in [9.17, 15) is 19.7 Å². The number of carbonyl (C=O) groups is 2. The lowest BCUT2D eigenvalue weighted by atomic mass is 10.1. The zero-order chi connectivity index (χ0) is 30.4. The number of benzene rings is 3. The predicted molar refractivity (Wildman–Crippen MR) is 167 cm³/mol. The molecule has 9 heteroatoms. The fraction of sp³-hybridized carbons (Fsp3) is 0.333. The first-order valence-electron chi connectivity index (χ1n) is 14.2. The fourth-order valence-electron chi connectivity index (χ4n) is 5.00. The standard InChI is InChI=1S/C33H39N5O4/c1-6-24(3)37(33(40)26-14-11-23(2)31(19-26)38(41)42)22-32(39)36(21-25-12-15-28(16-13-25)35(4)5)18-17-27-20-34-30-10-8-7-9-29(27)30/h7-16,19-20,24,34H,6,17-18,21-22H2,1-5H3. The van der Waals surface area contributed by atoms with Gasteiger partial charge in [-0.25, -0.2) is 0 Å². The van der Waals surface area contributed by atoms with Crippen molar-refractivity contribution in [2.45, 2.75) is 46.2 Å². The summed E-state index contributed by atoms with van der Waals surface area (Å²) in [7, 11) is 3.96. The van der Waals surface area contributed by atoms with Crippen molar-refractivity contribution in [2.75, 3.05) is 32.1 Å². The number of anilines is 1. The van der Waals surface area contributed by atoms with Crippen LogP contribution in [0.15, 0.2) is 72.9 Å². The third-order valence-electron chi connectivity index (χ3n) is 7.85. The van der Waals surface area contributed by atoms with Gasteiger partial charge < -0.3 is 19.7 Å². The number of H-pyrrole nitrogens is 1. The number of carbonyl (C=O) groups excluding carboxylic acids is 2. The first-order chi connectivity index (χ1) is 20.1. The molecule has 9 nitrogen and oxygen atoms in total. The molecule has 220 valence electrons. The minimum atomic E-state index is -0.487. The van der Waals surface area contributed by atoms with Gasteiger partial charge in [0, 0.05) is 73.2 Å². The maximum absolute atomic E-state index is 13.9. The smallest absolute Gasteiger partial charge is 0.273 e. The third kappa shape index (κ3) is 6.97. The summed E-state index contributed by atoms with van der Waals surface area (Å²) >= 11 is 0. The lowest BCUT2D eigenvalue weighted by molar-refractivity contribution is -0.385. The van der Waals surface area contributed by atoms with Gasteiger partial charge in [0.05, 0.1) is 4.92 Å². The number of hydrogen-bond donors (Lipinski definition) is 1. The minimum absolute atomic E-state index is 0.113. The summed E-state index contributed by atoms with van der Waals surface area (Å²) in [6.07, 6.45) is 3.26. The van der Waals surface area contributed by atoms with Crippen LogP contribution in [0.5, 0.6) is 0 Å². The first-order valence-corrected chi connectivity index (χ1v) is 14.2. The number of nitro benzene ring substituents is 1. The molecule has 0 aliphatic heterocycles. The number of para-hydroxylation sites is 1. The highest BCUT2D eigenvalue weighted by atomic mass is 16.6. The number of fused-ring (bicyclic) bond motifs is 1. The number of rotatable bonds is 12. The Balaban J connectivity index is 1.60. The van der Waals surface area contributed by atoms with Crippen molar-refractivity contribution in [3.63, 3.8) is 0 Å². The Hall–Kier alpha value is -4.66. The van der Waals surface area contributed by atoms with E-state index in [0.29, 0.717) is 31.5 Å². The van der Waals surface area contributed by atoms with Gasteiger partial charge >= 0.3 is 0 Å². The van der Waals surface area contributed by atoms with Gasteiger partial charge in [0.25, 0.3) is 11.6 Å². The van der Waals surface area contributed by atoms with Crippen LogP contribution in [0.25, 0.3) is 10.9 Å². The number of aromatic amines is 1. The molecule has 1 atom stereocenters. The molecule has 42 heavy (non-hydrogen) atoms. The fourth-order valence-corrected chi connectivity index (χ4v) is 5.00. The van der Waals surface area contributed by atoms with Crippen LogP contribution in [-0.2, 0) is 17.8 Å². The Morgan fingerprint density at radius 1 is 1.02 bits per heavy atom. The van der Waals surface area contributed by atoms with Crippen LogP contribution in [0.3, 0.4) is 0 Å². The topological polar surface area (TPSA) is 103 Å². The van der Waals surface area contributed by atoms with Gasteiger partial charge in [-0.15, -0.1) is 0 Å². The Morgan fingerprint density at radius 3 is 2.40 bits per heavy atom. The van der Waals surface area contributed by atoms with Crippen molar-refractivity contribution in [2.24, 2.45) is 0 Å². The summed E-state index contributed by atoms with van der Waals surface area (Å²) in [5.41, 5.74) is 4.78. The summed E-state index contributed by atoms with van der Waals surface area (Å²) < 4.78 is 0. The largest absolute Gasteiger partial charge is 0.378 e. The second-order valence-electron chi connectivity index (χ2n) is 10.9. The SMILES string of the molecule is CCC(C)N(CC(=O)N(CCc1c[nH]c2ccccc12)Cc1ccc(N(C)C)cc1)C(=O)c1ccc(C)c([N+](=O)[O-])c1. The van der Waals surface area contributed by atoms with Crippen LogP contribution < -0.4 is 4.90 Å². The Morgan fingerprint density at radius 2 is 1.74 bits per heavy atom. The van der Waals surface area contributed by atoms with Gasteiger partial charge in [-0.05, 0) is 62.1 Å². The van der Waals surface area contributed by atoms with Crippen LogP contribution in [-0.4, -0.2) is 64.7 Å². The van der Waals surface area contributed by atoms with Crippen molar-refractivity contribution in [1.82, 2.24) is 14.8 Å². The molecule has 4 aromatic rings. The summed E-state index contributed by atoms with van der Waals surface area (Å²) in [5, 5.41) is 12.6. The van der Waals surface area contributed by atoms with Crippen LogP contribution in [0.2, 0.25) is 0 Å². The average Bonchev–Trinajstić information content (AvgIpc) is 3.40. The van der Waals surface area contributed by atoms with E-state index >= 15 is 0 Å². The Kier molecular flexibility index (Phi) is 9.62. The maximum atomic E-state index is 13.9. The number of aryl methyl sites for hydroxylation is 1. The molecule has 3 aromatic carbocycles. The molecule has 0 aliphatic carbocycles. The van der Waals surface area contributed by atoms with E-state index in [4.69, 9.17) is 0 Å². The summed E-state index contributed by atoms with van der Waals surface area (Å²) in [6, 6.07) is 20.4. The van der Waals surface area contributed by atoms with Crippen molar-refractivity contribution in [3.8, 4) is 0 Å². The van der Waals surface area contributed by atoms with Crippen molar-refractivity contribution in [1.29, 1.82) is 0 Å². The van der Waals surface area contributed by atoms with Crippen LogP contribution in [0, 0.1) is 17.0 Å². The summed E-state index contributed by atoms with van der Waals surface area (Å²) in [5.74, 6) is -0.575. The second-order valence-corrected chi connectivity index (χ2v) is 10.9. The summed E-state index contributed by atoms with van der Waals surface area (Å²) in [6.45, 7) is 6.22. The molecular formula is C33H39N5O4. The van der Waals surface area contributed by atoms with E-state index in [-0.39, 0.29) is 29.7 Å². The normalized spacial score (nSPS) is 11.7. The number of nitrogens with one attached hydrogen (secondary N) is 1. The molecule has 2 amide bonds. The second kappa shape index (κ2) is 13.3. The van der Waals surface area contributed by atoms with Gasteiger partial charge in [-0.2, -0.15) is 0 Å². The van der Waals surface area contributed by atoms with Crippen molar-refractivity contribution < 1.29 is 14.5 Å². The molecule has 1 heterocycles. The summed E-state index contributed by atoms with van der Waals surface area (Å²) in [4.78, 5) is 47.3. The van der Waals surface area contributed by atoms with Gasteiger partial charge in [-0.3, -0.25) is 19.7 Å². The van der Waals surface area contributed by atoms with E-state index in [0.717, 1.165) is 27.7 Å². The lowest BCUT2D eigenvalue weighted by Gasteiger charge is -2.31. The molecule has 1 N–H and O–H groups in total. The van der Waals surface area contributed by atoms with E-state index < -0.39 is 10.8 Å². The molecule has 1 aromatic heterocycles. The van der Waals surface area contributed by atoms with Crippen molar-refractivity contribution in [3.05, 3.63) is 105 Å². The van der Waals surface area contributed by atoms with Crippen LogP contribution in [0.1, 0.15) is 47.3 Å². The van der Waals surface area contributed by atoms with Gasteiger partial charge in [0.15, 0.2) is 0 Å². The number of amides is 2. The lowest BCUT2D eigenvalue weighted by Crippen LogP contribution is -2.46. The molecular weight excluding hydrogens is 530 g/mol. The zero-order valence-corrected chi connectivity index (χ0v) is 25.0. The van der Waals surface area contributed by atoms with Gasteiger partial charge in [0.2, 0.25) is 5.91 Å². The van der Waals surface area contributed by atoms with Gasteiger partial charge in [0.1, 0.15) is 6.54 Å². The Bertz CT molecular complexity index is 1560. The molecule has 0 saturated carbocycles. The highest BCUT2D eigenvalue weighted by Crippen LogP contribution is 2.23. The first kappa shape index (κ1) is 30.3. The minimum Gasteiger partial charge on any atom is -0.378 e. The van der Waals surface area contributed by atoms with E-state index in [1.165, 1.54) is 11.0 Å². The average molecular weight is 570 g/mol. The molecule has 1 unspecified atom stereocenters. The van der Waals surface area contributed by atoms with Crippen molar-refractivity contribution >= 4 is 34.1 Å². The van der Waals surface area contributed by atoms with E-state index in [1.54, 1.807) is 24.0 Å². The number of hydrogen-bond acceptors (Lipinski definition) is 5. The molecule has 0 fully saturated rings. The predicted octanol–water partition coefficient (Wildman–Crippen LogP) is 5.96. The van der Waals surface area contributed by atoms with E-state index in [2.05, 4.69) is 11.1 Å². The molecule has 0 bridgehead atoms. The third-order valence-corrected chi connectivity index (χ3v) is 7.85. The Labute approximate surface area is 246 Å². The number of nitrogens with zero attached hydrogens (tertiary/aromatic N) is 4.